The van der Waals surface area contributed by atoms with Crippen LogP contribution >= 0.6 is 22.9 Å². The minimum atomic E-state index is -0.0578. The minimum absolute atomic E-state index is 0.0578. The second-order valence-electron chi connectivity index (χ2n) is 6.88. The minimum Gasteiger partial charge on any atom is -0.351 e. The lowest BCUT2D eigenvalue weighted by atomic mass is 10.0. The molecule has 0 fully saturated rings. The summed E-state index contributed by atoms with van der Waals surface area (Å²) in [5, 5.41) is 9.11. The molecular weight excluding hydrogens is 392 g/mol. The van der Waals surface area contributed by atoms with Gasteiger partial charge in [-0.3, -0.25) is 4.79 Å². The van der Waals surface area contributed by atoms with Crippen molar-refractivity contribution < 1.29 is 4.79 Å². The van der Waals surface area contributed by atoms with Crippen molar-refractivity contribution in [3.8, 4) is 5.13 Å². The topological polar surface area (TPSA) is 59.8 Å². The van der Waals surface area contributed by atoms with Crippen molar-refractivity contribution in [2.75, 3.05) is 6.54 Å². The van der Waals surface area contributed by atoms with Crippen LogP contribution in [0.25, 0.3) is 5.13 Å². The van der Waals surface area contributed by atoms with Crippen molar-refractivity contribution in [2.24, 2.45) is 0 Å². The van der Waals surface area contributed by atoms with Gasteiger partial charge in [-0.25, -0.2) is 9.67 Å². The summed E-state index contributed by atoms with van der Waals surface area (Å²) >= 11 is 7.37. The zero-order chi connectivity index (χ0) is 20.3. The highest BCUT2D eigenvalue weighted by Crippen LogP contribution is 2.26. The van der Waals surface area contributed by atoms with E-state index in [1.165, 1.54) is 22.5 Å². The van der Waals surface area contributed by atoms with E-state index in [1.54, 1.807) is 0 Å². The summed E-state index contributed by atoms with van der Waals surface area (Å²) < 4.78 is 1.85. The first-order valence-electron chi connectivity index (χ1n) is 9.46. The van der Waals surface area contributed by atoms with Crippen molar-refractivity contribution in [1.29, 1.82) is 0 Å². The molecule has 1 aromatic carbocycles. The molecule has 0 aliphatic rings. The van der Waals surface area contributed by atoms with Gasteiger partial charge in [0.15, 0.2) is 0 Å². The Balaban J connectivity index is 1.85. The van der Waals surface area contributed by atoms with Gasteiger partial charge < -0.3 is 5.32 Å². The number of rotatable bonds is 7. The Labute approximate surface area is 174 Å². The first-order valence-corrected chi connectivity index (χ1v) is 10.7. The number of aryl methyl sites for hydroxylation is 2. The molecule has 2 aromatic heterocycles. The van der Waals surface area contributed by atoms with E-state index < -0.39 is 0 Å². The second-order valence-corrected chi connectivity index (χ2v) is 8.30. The number of carbonyl (C=O) groups is 1. The smallest absolute Gasteiger partial charge is 0.263 e. The van der Waals surface area contributed by atoms with Crippen LogP contribution < -0.4 is 5.32 Å². The molecule has 0 bridgehead atoms. The number of unbranched alkanes of at least 4 members (excludes halogenated alkanes) is 1. The fourth-order valence-electron chi connectivity index (χ4n) is 3.07. The average molecular weight is 417 g/mol. The van der Waals surface area contributed by atoms with Crippen LogP contribution in [0.1, 0.15) is 57.6 Å². The number of nitrogens with one attached hydrogen (secondary N) is 1. The van der Waals surface area contributed by atoms with Crippen molar-refractivity contribution in [3.63, 3.8) is 0 Å². The summed E-state index contributed by atoms with van der Waals surface area (Å²) in [6.07, 6.45) is 2.81. The van der Waals surface area contributed by atoms with Gasteiger partial charge >= 0.3 is 0 Å². The molecule has 0 aliphatic heterocycles. The zero-order valence-corrected chi connectivity index (χ0v) is 18.2. The number of benzene rings is 1. The van der Waals surface area contributed by atoms with Crippen molar-refractivity contribution in [1.82, 2.24) is 20.1 Å². The SMILES string of the molecule is CCCCNC(=O)c1sc(-n2nc(C)c(Cc3ccc(Cl)cc3)c2C)nc1C. The zero-order valence-electron chi connectivity index (χ0n) is 16.7. The molecule has 0 radical (unpaired) electrons. The highest BCUT2D eigenvalue weighted by atomic mass is 35.5. The summed E-state index contributed by atoms with van der Waals surface area (Å²) in [6, 6.07) is 7.87. The highest BCUT2D eigenvalue weighted by Gasteiger charge is 2.20. The number of carbonyl (C=O) groups excluding carboxylic acids is 1. The van der Waals surface area contributed by atoms with E-state index in [2.05, 4.69) is 17.2 Å². The fourth-order valence-corrected chi connectivity index (χ4v) is 4.18. The molecule has 5 nitrogen and oxygen atoms in total. The van der Waals surface area contributed by atoms with Gasteiger partial charge in [0, 0.05) is 29.2 Å². The molecule has 1 N–H and O–H groups in total. The Kier molecular flexibility index (Phi) is 6.52. The molecule has 0 saturated carbocycles. The van der Waals surface area contributed by atoms with Crippen molar-refractivity contribution in [3.05, 3.63) is 62.4 Å². The Morgan fingerprint density at radius 2 is 1.89 bits per heavy atom. The summed E-state index contributed by atoms with van der Waals surface area (Å²) in [5.41, 5.74) is 5.10. The molecule has 148 valence electrons. The van der Waals surface area contributed by atoms with E-state index in [-0.39, 0.29) is 5.91 Å². The number of hydrogen-bond acceptors (Lipinski definition) is 4. The maximum atomic E-state index is 12.4. The van der Waals surface area contributed by atoms with Crippen LogP contribution in [0.15, 0.2) is 24.3 Å². The fraction of sp³-hybridized carbons (Fsp3) is 0.381. The third-order valence-corrected chi connectivity index (χ3v) is 6.11. The van der Waals surface area contributed by atoms with E-state index in [9.17, 15) is 4.79 Å². The van der Waals surface area contributed by atoms with Crippen LogP contribution in [0, 0.1) is 20.8 Å². The van der Waals surface area contributed by atoms with Crippen LogP contribution in [0.5, 0.6) is 0 Å². The molecular formula is C21H25ClN4OS. The molecule has 0 saturated heterocycles. The van der Waals surface area contributed by atoms with Crippen LogP contribution in [-0.2, 0) is 6.42 Å². The lowest BCUT2D eigenvalue weighted by Gasteiger charge is -2.04. The van der Waals surface area contributed by atoms with Gasteiger partial charge in [-0.2, -0.15) is 5.10 Å². The predicted octanol–water partition coefficient (Wildman–Crippen LogP) is 5.03. The van der Waals surface area contributed by atoms with Gasteiger partial charge in [-0.1, -0.05) is 48.4 Å². The molecule has 3 aromatic rings. The van der Waals surface area contributed by atoms with Crippen LogP contribution in [-0.4, -0.2) is 27.2 Å². The molecule has 7 heteroatoms. The molecule has 2 heterocycles. The van der Waals surface area contributed by atoms with Crippen LogP contribution in [0.2, 0.25) is 5.02 Å². The van der Waals surface area contributed by atoms with Crippen molar-refractivity contribution in [2.45, 2.75) is 47.0 Å². The number of amides is 1. The summed E-state index contributed by atoms with van der Waals surface area (Å²) in [5.74, 6) is -0.0578. The quantitative estimate of drug-likeness (QED) is 0.549. The molecule has 28 heavy (non-hydrogen) atoms. The van der Waals surface area contributed by atoms with Gasteiger partial charge in [0.1, 0.15) is 4.88 Å². The molecule has 0 atom stereocenters. The Morgan fingerprint density at radius 3 is 2.57 bits per heavy atom. The monoisotopic (exact) mass is 416 g/mol. The first kappa shape index (κ1) is 20.6. The van der Waals surface area contributed by atoms with Crippen molar-refractivity contribution >= 4 is 28.8 Å². The largest absolute Gasteiger partial charge is 0.351 e. The van der Waals surface area contributed by atoms with Gasteiger partial charge in [0.05, 0.1) is 11.4 Å². The molecule has 0 unspecified atom stereocenters. The third kappa shape index (κ3) is 4.45. The predicted molar refractivity (Wildman–Crippen MR) is 115 cm³/mol. The second kappa shape index (κ2) is 8.88. The normalized spacial score (nSPS) is 11.0. The molecule has 1 amide bonds. The molecule has 0 aliphatic carbocycles. The standard InChI is InChI=1S/C21H25ClN4OS/c1-5-6-11-23-20(27)19-14(3)24-21(28-19)26-15(4)18(13(2)25-26)12-16-7-9-17(22)10-8-16/h7-10H,5-6,11-12H2,1-4H3,(H,23,27). The highest BCUT2D eigenvalue weighted by molar-refractivity contribution is 7.16. The maximum absolute atomic E-state index is 12.4. The number of halogens is 1. The first-order chi connectivity index (χ1) is 13.4. The van der Waals surface area contributed by atoms with Gasteiger partial charge in [-0.15, -0.1) is 0 Å². The van der Waals surface area contributed by atoms with E-state index >= 15 is 0 Å². The van der Waals surface area contributed by atoms with Gasteiger partial charge in [0.2, 0.25) is 5.13 Å². The van der Waals surface area contributed by atoms with E-state index in [0.29, 0.717) is 11.4 Å². The number of aromatic nitrogens is 3. The summed E-state index contributed by atoms with van der Waals surface area (Å²) in [7, 11) is 0. The Hall–Kier alpha value is -2.18. The lowest BCUT2D eigenvalue weighted by molar-refractivity contribution is 0.0956. The summed E-state index contributed by atoms with van der Waals surface area (Å²) in [6.45, 7) is 8.71. The number of thiazole rings is 1. The molecule has 0 spiro atoms. The van der Waals surface area contributed by atoms with Gasteiger partial charge in [-0.05, 0) is 44.9 Å². The molecule has 3 rings (SSSR count). The Morgan fingerprint density at radius 1 is 1.18 bits per heavy atom. The number of hydrogen-bond donors (Lipinski definition) is 1. The van der Waals surface area contributed by atoms with Gasteiger partial charge in [0.25, 0.3) is 5.91 Å². The van der Waals surface area contributed by atoms with E-state index in [4.69, 9.17) is 16.7 Å². The van der Waals surface area contributed by atoms with Crippen LogP contribution in [0.3, 0.4) is 0 Å². The lowest BCUT2D eigenvalue weighted by Crippen LogP contribution is -2.24. The number of nitrogens with zero attached hydrogens (tertiary/aromatic N) is 3. The summed E-state index contributed by atoms with van der Waals surface area (Å²) in [4.78, 5) is 17.7. The van der Waals surface area contributed by atoms with Crippen LogP contribution in [0.4, 0.5) is 0 Å². The maximum Gasteiger partial charge on any atom is 0.263 e. The van der Waals surface area contributed by atoms with E-state index in [1.807, 2.05) is 49.7 Å². The van der Waals surface area contributed by atoms with E-state index in [0.717, 1.165) is 46.5 Å². The third-order valence-electron chi connectivity index (χ3n) is 4.72. The Bertz CT molecular complexity index is 975. The average Bonchev–Trinajstić information content (AvgIpc) is 3.18.